The van der Waals surface area contributed by atoms with Crippen LogP contribution in [0.25, 0.3) is 0 Å². The van der Waals surface area contributed by atoms with Crippen molar-refractivity contribution in [3.8, 4) is 5.75 Å². The van der Waals surface area contributed by atoms with Crippen LogP contribution in [-0.4, -0.2) is 16.7 Å². The van der Waals surface area contributed by atoms with Crippen LogP contribution < -0.4 is 10.7 Å². The highest BCUT2D eigenvalue weighted by Crippen LogP contribution is 2.38. The summed E-state index contributed by atoms with van der Waals surface area (Å²) >= 11 is 0. The van der Waals surface area contributed by atoms with Crippen molar-refractivity contribution in [3.05, 3.63) is 63.2 Å². The molecule has 0 aliphatic heterocycles. The molecule has 6 heteroatoms. The molecule has 1 aromatic carbocycles. The van der Waals surface area contributed by atoms with Gasteiger partial charge in [-0.1, -0.05) is 30.0 Å². The Bertz CT molecular complexity index is 810. The minimum atomic E-state index is -2.81. The van der Waals surface area contributed by atoms with Gasteiger partial charge in [0.15, 0.2) is 0 Å². The average molecular weight is 285 g/mol. The molecule has 0 unspecified atom stereocenters. The monoisotopic (exact) mass is 285 g/mol. The minimum Gasteiger partial charge on any atom is -0.872 e. The van der Waals surface area contributed by atoms with Crippen LogP contribution in [-0.2, 0) is 5.60 Å². The summed E-state index contributed by atoms with van der Waals surface area (Å²) in [7, 11) is 0. The van der Waals surface area contributed by atoms with Crippen molar-refractivity contribution < 1.29 is 24.2 Å². The number of rotatable bonds is 1. The number of carbonyl (C=O) groups excluding carboxylic acids is 2. The lowest BCUT2D eigenvalue weighted by Crippen LogP contribution is -2.42. The first-order valence-corrected chi connectivity index (χ1v) is 6.10. The molecule has 0 atom stereocenters. The van der Waals surface area contributed by atoms with Gasteiger partial charge in [-0.25, -0.2) is 4.79 Å². The highest BCUT2D eigenvalue weighted by Gasteiger charge is 2.55. The van der Waals surface area contributed by atoms with Gasteiger partial charge >= 0.3 is 5.63 Å². The van der Waals surface area contributed by atoms with E-state index < -0.39 is 34.1 Å². The van der Waals surface area contributed by atoms with Crippen molar-refractivity contribution in [2.45, 2.75) is 12.5 Å². The first-order valence-electron chi connectivity index (χ1n) is 6.10. The van der Waals surface area contributed by atoms with Crippen LogP contribution in [0.3, 0.4) is 0 Å². The smallest absolute Gasteiger partial charge is 0.342 e. The van der Waals surface area contributed by atoms with Gasteiger partial charge in [0, 0.05) is 11.1 Å². The quantitative estimate of drug-likeness (QED) is 0.754. The summed E-state index contributed by atoms with van der Waals surface area (Å²) in [6, 6.07) is 6.71. The van der Waals surface area contributed by atoms with Gasteiger partial charge in [-0.3, -0.25) is 9.59 Å². The minimum absolute atomic E-state index is 0.0237. The van der Waals surface area contributed by atoms with Crippen LogP contribution in [0.4, 0.5) is 0 Å². The second-order valence-corrected chi connectivity index (χ2v) is 4.80. The SMILES string of the molecule is Cc1cc([O-])c(C2(O)C(=O)c3ccccc3C2=O)c(=O)o1. The molecular formula is C15H9O6-. The van der Waals surface area contributed by atoms with Gasteiger partial charge in [0.05, 0.1) is 5.56 Å². The lowest BCUT2D eigenvalue weighted by molar-refractivity contribution is -0.271. The van der Waals surface area contributed by atoms with Gasteiger partial charge in [-0.05, 0) is 13.0 Å². The van der Waals surface area contributed by atoms with Crippen molar-refractivity contribution in [3.63, 3.8) is 0 Å². The van der Waals surface area contributed by atoms with E-state index in [1.165, 1.54) is 31.2 Å². The van der Waals surface area contributed by atoms with Gasteiger partial charge in [-0.2, -0.15) is 0 Å². The van der Waals surface area contributed by atoms with E-state index in [4.69, 9.17) is 4.42 Å². The molecule has 6 nitrogen and oxygen atoms in total. The van der Waals surface area contributed by atoms with Crippen LogP contribution in [0.2, 0.25) is 0 Å². The molecule has 1 aliphatic rings. The Kier molecular flexibility index (Phi) is 2.61. The number of aryl methyl sites for hydroxylation is 1. The second-order valence-electron chi connectivity index (χ2n) is 4.80. The van der Waals surface area contributed by atoms with Gasteiger partial charge in [0.1, 0.15) is 5.76 Å². The molecule has 0 radical (unpaired) electrons. The maximum absolute atomic E-state index is 12.3. The van der Waals surface area contributed by atoms with E-state index in [-0.39, 0.29) is 16.9 Å². The lowest BCUT2D eigenvalue weighted by atomic mass is 9.89. The number of benzene rings is 1. The van der Waals surface area contributed by atoms with Gasteiger partial charge < -0.3 is 14.6 Å². The molecule has 0 fully saturated rings. The molecular weight excluding hydrogens is 276 g/mol. The van der Waals surface area contributed by atoms with Crippen LogP contribution >= 0.6 is 0 Å². The summed E-state index contributed by atoms with van der Waals surface area (Å²) in [5, 5.41) is 22.5. The number of aliphatic hydroxyl groups is 1. The standard InChI is InChI=1S/C15H10O6/c1-7-6-10(16)11(14(19)21-7)15(20)12(17)8-4-2-3-5-9(8)13(15)18/h2-6,16,20H,1H3/p-1. The van der Waals surface area contributed by atoms with E-state index in [9.17, 15) is 24.6 Å². The van der Waals surface area contributed by atoms with Crippen LogP contribution in [0.5, 0.6) is 5.75 Å². The number of Topliss-reactive ketones (excluding diaryl/α,β-unsaturated/α-hetero) is 2. The van der Waals surface area contributed by atoms with E-state index in [0.717, 1.165) is 6.07 Å². The summed E-state index contributed by atoms with van der Waals surface area (Å²) < 4.78 is 4.74. The fraction of sp³-hybridized carbons (Fsp3) is 0.133. The molecule has 106 valence electrons. The Labute approximate surface area is 118 Å². The van der Waals surface area contributed by atoms with Gasteiger partial charge in [0.25, 0.3) is 0 Å². The number of hydrogen-bond donors (Lipinski definition) is 1. The van der Waals surface area contributed by atoms with Crippen molar-refractivity contribution in [2.24, 2.45) is 0 Å². The van der Waals surface area contributed by atoms with Crippen LogP contribution in [0.15, 0.2) is 39.5 Å². The van der Waals surface area contributed by atoms with Crippen molar-refractivity contribution in [2.75, 3.05) is 0 Å². The summed E-state index contributed by atoms with van der Waals surface area (Å²) in [4.78, 5) is 36.5. The highest BCUT2D eigenvalue weighted by atomic mass is 16.4. The molecule has 0 amide bonds. The van der Waals surface area contributed by atoms with E-state index >= 15 is 0 Å². The summed E-state index contributed by atoms with van der Waals surface area (Å²) in [6.45, 7) is 1.38. The van der Waals surface area contributed by atoms with Crippen LogP contribution in [0.1, 0.15) is 32.0 Å². The second kappa shape index (κ2) is 4.13. The summed E-state index contributed by atoms with van der Waals surface area (Å²) in [5.74, 6) is -2.85. The first kappa shape index (κ1) is 13.3. The lowest BCUT2D eigenvalue weighted by Gasteiger charge is -2.23. The normalized spacial score (nSPS) is 16.1. The number of fused-ring (bicyclic) bond motifs is 1. The molecule has 1 aromatic heterocycles. The number of ketones is 2. The fourth-order valence-corrected chi connectivity index (χ4v) is 2.51. The summed E-state index contributed by atoms with van der Waals surface area (Å²) in [5.41, 5.74) is -4.90. The Morgan fingerprint density at radius 3 is 2.10 bits per heavy atom. The zero-order valence-electron chi connectivity index (χ0n) is 10.9. The number of carbonyl (C=O) groups is 2. The largest absolute Gasteiger partial charge is 0.872 e. The van der Waals surface area contributed by atoms with Gasteiger partial charge in [0.2, 0.25) is 17.2 Å². The first-order chi connectivity index (χ1) is 9.87. The Balaban J connectivity index is 2.32. The molecule has 0 spiro atoms. The maximum Gasteiger partial charge on any atom is 0.342 e. The molecule has 1 N–H and O–H groups in total. The molecule has 0 saturated heterocycles. The third kappa shape index (κ3) is 1.59. The topological polar surface area (TPSA) is 108 Å². The highest BCUT2D eigenvalue weighted by molar-refractivity contribution is 6.32. The molecule has 0 saturated carbocycles. The zero-order valence-corrected chi connectivity index (χ0v) is 10.9. The molecule has 3 rings (SSSR count). The van der Waals surface area contributed by atoms with E-state index in [2.05, 4.69) is 0 Å². The number of hydrogen-bond acceptors (Lipinski definition) is 6. The van der Waals surface area contributed by atoms with Crippen molar-refractivity contribution in [1.29, 1.82) is 0 Å². The fourth-order valence-electron chi connectivity index (χ4n) is 2.51. The molecule has 2 aromatic rings. The van der Waals surface area contributed by atoms with Crippen molar-refractivity contribution in [1.82, 2.24) is 0 Å². The molecule has 21 heavy (non-hydrogen) atoms. The van der Waals surface area contributed by atoms with Crippen molar-refractivity contribution >= 4 is 11.6 Å². The third-order valence-corrected chi connectivity index (χ3v) is 3.47. The predicted molar refractivity (Wildman–Crippen MR) is 68.2 cm³/mol. The molecule has 1 aliphatic carbocycles. The Hall–Kier alpha value is -2.73. The van der Waals surface area contributed by atoms with E-state index in [1.807, 2.05) is 0 Å². The third-order valence-electron chi connectivity index (χ3n) is 3.47. The van der Waals surface area contributed by atoms with Crippen LogP contribution in [0, 0.1) is 6.92 Å². The molecule has 0 bridgehead atoms. The molecule has 1 heterocycles. The van der Waals surface area contributed by atoms with Gasteiger partial charge in [-0.15, -0.1) is 0 Å². The maximum atomic E-state index is 12.3. The Morgan fingerprint density at radius 1 is 1.10 bits per heavy atom. The van der Waals surface area contributed by atoms with E-state index in [1.54, 1.807) is 0 Å². The van der Waals surface area contributed by atoms with E-state index in [0.29, 0.717) is 0 Å². The summed E-state index contributed by atoms with van der Waals surface area (Å²) in [6.07, 6.45) is 0. The predicted octanol–water partition coefficient (Wildman–Crippen LogP) is 0.289. The zero-order chi connectivity index (χ0) is 15.4. The average Bonchev–Trinajstić information content (AvgIpc) is 2.61. The Morgan fingerprint density at radius 2 is 1.62 bits per heavy atom.